The van der Waals surface area contributed by atoms with E-state index in [-0.39, 0.29) is 17.5 Å². The molecule has 0 unspecified atom stereocenters. The van der Waals surface area contributed by atoms with Gasteiger partial charge in [-0.3, -0.25) is 14.4 Å². The number of hydrogen-bond donors (Lipinski definition) is 1. The van der Waals surface area contributed by atoms with E-state index in [2.05, 4.69) is 5.32 Å². The zero-order valence-corrected chi connectivity index (χ0v) is 19.4. The lowest BCUT2D eigenvalue weighted by Crippen LogP contribution is -2.51. The second-order valence-corrected chi connectivity index (χ2v) is 9.27. The normalized spacial score (nSPS) is 25.6. The minimum absolute atomic E-state index is 0.157. The molecule has 3 aromatic rings. The Kier molecular flexibility index (Phi) is 4.68. The zero-order valence-electron chi connectivity index (χ0n) is 19.4. The van der Waals surface area contributed by atoms with E-state index in [4.69, 9.17) is 4.74 Å². The van der Waals surface area contributed by atoms with E-state index in [1.807, 2.05) is 65.6 Å². The maximum Gasteiger partial charge on any atom is 0.238 e. The molecular weight excluding hydrogens is 440 g/mol. The van der Waals surface area contributed by atoms with Gasteiger partial charge in [0.1, 0.15) is 11.2 Å². The SMILES string of the molecule is COc1cccc(C(=O)[C@@H]2[C@@H](C(C)=O)N3c4ccccc4C=C[C@@H]3[C@@]23C(=O)Nc2ccccc23)c1. The van der Waals surface area contributed by atoms with Gasteiger partial charge in [-0.05, 0) is 42.3 Å². The predicted octanol–water partition coefficient (Wildman–Crippen LogP) is 4.26. The lowest BCUT2D eigenvalue weighted by Gasteiger charge is -2.37. The molecule has 3 aliphatic heterocycles. The Labute approximate surface area is 203 Å². The first-order valence-corrected chi connectivity index (χ1v) is 11.6. The van der Waals surface area contributed by atoms with Crippen molar-refractivity contribution in [3.05, 3.63) is 95.6 Å². The van der Waals surface area contributed by atoms with Gasteiger partial charge in [0.15, 0.2) is 11.6 Å². The molecule has 0 saturated carbocycles. The monoisotopic (exact) mass is 464 g/mol. The summed E-state index contributed by atoms with van der Waals surface area (Å²) in [5, 5.41) is 3.02. The topological polar surface area (TPSA) is 75.7 Å². The van der Waals surface area contributed by atoms with E-state index < -0.39 is 23.4 Å². The maximum atomic E-state index is 14.4. The Morgan fingerprint density at radius 3 is 2.57 bits per heavy atom. The molecule has 35 heavy (non-hydrogen) atoms. The number of anilines is 2. The first kappa shape index (κ1) is 21.4. The highest BCUT2D eigenvalue weighted by atomic mass is 16.5. The molecule has 1 N–H and O–H groups in total. The fourth-order valence-corrected chi connectivity index (χ4v) is 6.23. The van der Waals surface area contributed by atoms with Crippen molar-refractivity contribution in [2.24, 2.45) is 5.92 Å². The molecule has 3 aromatic carbocycles. The van der Waals surface area contributed by atoms with Crippen LogP contribution in [0.15, 0.2) is 78.9 Å². The molecule has 0 radical (unpaired) electrons. The molecule has 3 heterocycles. The Balaban J connectivity index is 1.65. The highest BCUT2D eigenvalue weighted by Crippen LogP contribution is 2.57. The molecule has 174 valence electrons. The molecule has 3 aliphatic rings. The summed E-state index contributed by atoms with van der Waals surface area (Å²) in [6.07, 6.45) is 3.96. The third-order valence-corrected chi connectivity index (χ3v) is 7.60. The Morgan fingerprint density at radius 2 is 1.77 bits per heavy atom. The number of carbonyl (C=O) groups is 3. The van der Waals surface area contributed by atoms with Crippen molar-refractivity contribution < 1.29 is 19.1 Å². The van der Waals surface area contributed by atoms with Crippen LogP contribution in [0.25, 0.3) is 6.08 Å². The first-order valence-electron chi connectivity index (χ1n) is 11.6. The maximum absolute atomic E-state index is 14.4. The first-order chi connectivity index (χ1) is 17.0. The number of nitrogens with zero attached hydrogens (tertiary/aromatic N) is 1. The molecule has 1 amide bonds. The van der Waals surface area contributed by atoms with Crippen LogP contribution in [0.4, 0.5) is 11.4 Å². The average molecular weight is 465 g/mol. The molecule has 6 rings (SSSR count). The molecule has 4 atom stereocenters. The summed E-state index contributed by atoms with van der Waals surface area (Å²) in [5.41, 5.74) is 2.36. The molecular formula is C29H24N2O4. The van der Waals surface area contributed by atoms with Crippen LogP contribution in [0.2, 0.25) is 0 Å². The van der Waals surface area contributed by atoms with Crippen LogP contribution in [0.5, 0.6) is 5.75 Å². The fourth-order valence-electron chi connectivity index (χ4n) is 6.23. The summed E-state index contributed by atoms with van der Waals surface area (Å²) in [4.78, 5) is 43.7. The third kappa shape index (κ3) is 2.80. The van der Waals surface area contributed by atoms with E-state index in [1.165, 1.54) is 6.92 Å². The number of benzene rings is 3. The minimum Gasteiger partial charge on any atom is -0.497 e. The number of ether oxygens (including phenoxy) is 1. The van der Waals surface area contributed by atoms with Crippen LogP contribution < -0.4 is 15.0 Å². The summed E-state index contributed by atoms with van der Waals surface area (Å²) in [5.74, 6) is -1.06. The Morgan fingerprint density at radius 1 is 1.00 bits per heavy atom. The summed E-state index contributed by atoms with van der Waals surface area (Å²) in [6.45, 7) is 1.51. The number of nitrogens with one attached hydrogen (secondary N) is 1. The van der Waals surface area contributed by atoms with Crippen LogP contribution in [-0.2, 0) is 15.0 Å². The van der Waals surface area contributed by atoms with Gasteiger partial charge in [-0.1, -0.05) is 60.7 Å². The molecule has 1 fully saturated rings. The smallest absolute Gasteiger partial charge is 0.238 e. The largest absolute Gasteiger partial charge is 0.497 e. The Bertz CT molecular complexity index is 1430. The summed E-state index contributed by atoms with van der Waals surface area (Å²) in [6, 6.07) is 20.9. The number of hydrogen-bond acceptors (Lipinski definition) is 5. The van der Waals surface area contributed by atoms with Crippen molar-refractivity contribution in [1.29, 1.82) is 0 Å². The zero-order chi connectivity index (χ0) is 24.3. The van der Waals surface area contributed by atoms with E-state index in [0.717, 1.165) is 16.8 Å². The van der Waals surface area contributed by atoms with E-state index in [0.29, 0.717) is 17.0 Å². The quantitative estimate of drug-likeness (QED) is 0.584. The van der Waals surface area contributed by atoms with Gasteiger partial charge in [0.25, 0.3) is 0 Å². The van der Waals surface area contributed by atoms with E-state index in [1.54, 1.807) is 31.4 Å². The molecule has 6 nitrogen and oxygen atoms in total. The van der Waals surface area contributed by atoms with Gasteiger partial charge < -0.3 is 15.0 Å². The van der Waals surface area contributed by atoms with E-state index >= 15 is 0 Å². The highest BCUT2D eigenvalue weighted by molar-refractivity contribution is 6.16. The van der Waals surface area contributed by atoms with Gasteiger partial charge in [-0.2, -0.15) is 0 Å². The molecule has 0 bridgehead atoms. The van der Waals surface area contributed by atoms with Crippen molar-refractivity contribution >= 4 is 34.9 Å². The van der Waals surface area contributed by atoms with Crippen molar-refractivity contribution in [1.82, 2.24) is 0 Å². The van der Waals surface area contributed by atoms with Gasteiger partial charge in [-0.15, -0.1) is 0 Å². The van der Waals surface area contributed by atoms with Gasteiger partial charge in [-0.25, -0.2) is 0 Å². The Hall–Kier alpha value is -4.19. The lowest BCUT2D eigenvalue weighted by atomic mass is 9.64. The standard InChI is InChI=1S/C29H24N2O4/c1-17(32)26-25(27(33)19-9-7-10-20(16-19)35-2)29(21-11-4-5-12-22(21)30-28(29)34)24-15-14-18-8-3-6-13-23(18)31(24)26/h3-16,24-26H,1-2H3,(H,30,34)/t24-,25+,26-,29-/m1/s1. The highest BCUT2D eigenvalue weighted by Gasteiger charge is 2.69. The van der Waals surface area contributed by atoms with Gasteiger partial charge in [0, 0.05) is 16.9 Å². The number of carbonyl (C=O) groups excluding carboxylic acids is 3. The average Bonchev–Trinajstić information content (AvgIpc) is 3.36. The summed E-state index contributed by atoms with van der Waals surface area (Å²) >= 11 is 0. The van der Waals surface area contributed by atoms with Gasteiger partial charge >= 0.3 is 0 Å². The second kappa shape index (κ2) is 7.67. The summed E-state index contributed by atoms with van der Waals surface area (Å²) < 4.78 is 5.36. The molecule has 0 aliphatic carbocycles. The fraction of sp³-hybridized carbons (Fsp3) is 0.207. The van der Waals surface area contributed by atoms with Crippen LogP contribution in [0.3, 0.4) is 0 Å². The number of para-hydroxylation sites is 2. The number of amides is 1. The van der Waals surface area contributed by atoms with Crippen LogP contribution >= 0.6 is 0 Å². The molecule has 0 aromatic heterocycles. The van der Waals surface area contributed by atoms with Crippen molar-refractivity contribution in [2.45, 2.75) is 24.4 Å². The molecule has 1 saturated heterocycles. The van der Waals surface area contributed by atoms with Crippen LogP contribution in [0, 0.1) is 5.92 Å². The number of fused-ring (bicyclic) bond motifs is 6. The van der Waals surface area contributed by atoms with Crippen molar-refractivity contribution in [3.63, 3.8) is 0 Å². The van der Waals surface area contributed by atoms with Crippen molar-refractivity contribution in [2.75, 3.05) is 17.3 Å². The third-order valence-electron chi connectivity index (χ3n) is 7.60. The predicted molar refractivity (Wildman–Crippen MR) is 134 cm³/mol. The molecule has 6 heteroatoms. The molecule has 1 spiro atoms. The lowest BCUT2D eigenvalue weighted by molar-refractivity contribution is -0.122. The number of methoxy groups -OCH3 is 1. The number of ketones is 2. The summed E-state index contributed by atoms with van der Waals surface area (Å²) in [7, 11) is 1.54. The van der Waals surface area contributed by atoms with Crippen LogP contribution in [0.1, 0.15) is 28.4 Å². The van der Waals surface area contributed by atoms with E-state index in [9.17, 15) is 14.4 Å². The van der Waals surface area contributed by atoms with Gasteiger partial charge in [0.2, 0.25) is 5.91 Å². The second-order valence-electron chi connectivity index (χ2n) is 9.27. The van der Waals surface area contributed by atoms with Crippen molar-refractivity contribution in [3.8, 4) is 5.75 Å². The van der Waals surface area contributed by atoms with Gasteiger partial charge in [0.05, 0.1) is 25.1 Å². The number of rotatable bonds is 4. The number of Topliss-reactive ketones (excluding diaryl/α,β-unsaturated/α-hetero) is 2. The van der Waals surface area contributed by atoms with Crippen LogP contribution in [-0.4, -0.2) is 36.7 Å². The minimum atomic E-state index is -1.27.